The van der Waals surface area contributed by atoms with Crippen LogP contribution in [-0.4, -0.2) is 69.2 Å². The van der Waals surface area contributed by atoms with Gasteiger partial charge in [-0.25, -0.2) is 0 Å². The summed E-state index contributed by atoms with van der Waals surface area (Å²) < 4.78 is 5.76. The molecule has 1 aromatic rings. The van der Waals surface area contributed by atoms with E-state index in [1.165, 1.54) is 5.56 Å². The molecule has 1 heterocycles. The fourth-order valence-electron chi connectivity index (χ4n) is 2.51. The maximum atomic E-state index is 5.76. The highest BCUT2D eigenvalue weighted by Crippen LogP contribution is 2.04. The van der Waals surface area contributed by atoms with Crippen LogP contribution in [-0.2, 0) is 11.3 Å². The van der Waals surface area contributed by atoms with Crippen molar-refractivity contribution in [2.45, 2.75) is 12.6 Å². The van der Waals surface area contributed by atoms with Gasteiger partial charge in [0.25, 0.3) is 0 Å². The Morgan fingerprint density at radius 1 is 1.43 bits per heavy atom. The predicted octanol–water partition coefficient (Wildman–Crippen LogP) is 1.02. The fraction of sp³-hybridized carbons (Fsp3) is 0.562. The SMILES string of the molecule is CN=C(NCC1CN(C)CCO1)N(C)Cc1ccccc1. The number of ether oxygens (including phenoxy) is 1. The number of guanidine groups is 1. The monoisotopic (exact) mass is 290 g/mol. The second-order valence-corrected chi connectivity index (χ2v) is 5.52. The van der Waals surface area contributed by atoms with Crippen LogP contribution in [0.4, 0.5) is 0 Å². The van der Waals surface area contributed by atoms with Crippen molar-refractivity contribution in [2.24, 2.45) is 4.99 Å². The predicted molar refractivity (Wildman–Crippen MR) is 86.5 cm³/mol. The fourth-order valence-corrected chi connectivity index (χ4v) is 2.51. The van der Waals surface area contributed by atoms with Crippen LogP contribution in [0.5, 0.6) is 0 Å². The number of rotatable bonds is 4. The Balaban J connectivity index is 1.82. The minimum Gasteiger partial charge on any atom is -0.374 e. The Morgan fingerprint density at radius 2 is 2.19 bits per heavy atom. The summed E-state index contributed by atoms with van der Waals surface area (Å²) in [5.74, 6) is 0.899. The highest BCUT2D eigenvalue weighted by Gasteiger charge is 2.18. The van der Waals surface area contributed by atoms with Crippen LogP contribution in [0, 0.1) is 0 Å². The number of benzene rings is 1. The van der Waals surface area contributed by atoms with Gasteiger partial charge in [-0.2, -0.15) is 0 Å². The molecule has 0 aromatic heterocycles. The summed E-state index contributed by atoms with van der Waals surface area (Å²) in [7, 11) is 6.00. The molecule has 0 bridgehead atoms. The van der Waals surface area contributed by atoms with Crippen LogP contribution in [0.15, 0.2) is 35.3 Å². The lowest BCUT2D eigenvalue weighted by Crippen LogP contribution is -2.48. The smallest absolute Gasteiger partial charge is 0.193 e. The van der Waals surface area contributed by atoms with Crippen molar-refractivity contribution in [3.05, 3.63) is 35.9 Å². The quantitative estimate of drug-likeness (QED) is 0.664. The van der Waals surface area contributed by atoms with Crippen molar-refractivity contribution >= 4 is 5.96 Å². The summed E-state index contributed by atoms with van der Waals surface area (Å²) in [4.78, 5) is 8.77. The Hall–Kier alpha value is -1.59. The van der Waals surface area contributed by atoms with Crippen molar-refractivity contribution in [1.82, 2.24) is 15.1 Å². The van der Waals surface area contributed by atoms with Crippen LogP contribution in [0.25, 0.3) is 0 Å². The molecule has 0 saturated carbocycles. The van der Waals surface area contributed by atoms with Gasteiger partial charge in [-0.3, -0.25) is 4.99 Å². The van der Waals surface area contributed by atoms with Gasteiger partial charge in [0.1, 0.15) is 0 Å². The minimum atomic E-state index is 0.227. The number of hydrogen-bond acceptors (Lipinski definition) is 3. The molecule has 1 fully saturated rings. The molecule has 5 heteroatoms. The van der Waals surface area contributed by atoms with E-state index in [0.29, 0.717) is 0 Å². The number of nitrogens with one attached hydrogen (secondary N) is 1. The van der Waals surface area contributed by atoms with Gasteiger partial charge >= 0.3 is 0 Å². The first kappa shape index (κ1) is 15.8. The molecule has 1 saturated heterocycles. The standard InChI is InChI=1S/C16H26N4O/c1-17-16(18-11-15-13-19(2)9-10-21-15)20(3)12-14-7-5-4-6-8-14/h4-8,15H,9-13H2,1-3H3,(H,17,18). The highest BCUT2D eigenvalue weighted by molar-refractivity contribution is 5.79. The summed E-state index contributed by atoms with van der Waals surface area (Å²) >= 11 is 0. The zero-order valence-electron chi connectivity index (χ0n) is 13.2. The summed E-state index contributed by atoms with van der Waals surface area (Å²) in [5, 5.41) is 3.40. The van der Waals surface area contributed by atoms with Gasteiger partial charge in [-0.05, 0) is 12.6 Å². The van der Waals surface area contributed by atoms with E-state index in [0.717, 1.165) is 38.7 Å². The third kappa shape index (κ3) is 5.02. The van der Waals surface area contributed by atoms with Crippen molar-refractivity contribution in [3.8, 4) is 0 Å². The van der Waals surface area contributed by atoms with Crippen LogP contribution < -0.4 is 5.32 Å². The van der Waals surface area contributed by atoms with Gasteiger partial charge < -0.3 is 19.9 Å². The van der Waals surface area contributed by atoms with Crippen molar-refractivity contribution in [3.63, 3.8) is 0 Å². The molecule has 1 atom stereocenters. The van der Waals surface area contributed by atoms with Crippen LogP contribution in [0.3, 0.4) is 0 Å². The second kappa shape index (κ2) is 8.00. The largest absolute Gasteiger partial charge is 0.374 e. The first-order valence-electron chi connectivity index (χ1n) is 7.45. The van der Waals surface area contributed by atoms with E-state index in [-0.39, 0.29) is 6.10 Å². The topological polar surface area (TPSA) is 40.1 Å². The van der Waals surface area contributed by atoms with Crippen molar-refractivity contribution in [1.29, 1.82) is 0 Å². The first-order valence-corrected chi connectivity index (χ1v) is 7.45. The van der Waals surface area contributed by atoms with Gasteiger partial charge in [0, 0.05) is 40.3 Å². The molecule has 0 spiro atoms. The number of aliphatic imine (C=N–C) groups is 1. The Morgan fingerprint density at radius 3 is 2.86 bits per heavy atom. The zero-order chi connectivity index (χ0) is 15.1. The molecule has 21 heavy (non-hydrogen) atoms. The average Bonchev–Trinajstić information content (AvgIpc) is 2.49. The Bertz CT molecular complexity index is 449. The molecule has 1 unspecified atom stereocenters. The van der Waals surface area contributed by atoms with E-state index in [2.05, 4.69) is 58.5 Å². The molecular weight excluding hydrogens is 264 g/mol. The minimum absolute atomic E-state index is 0.227. The summed E-state index contributed by atoms with van der Waals surface area (Å²) in [6.45, 7) is 4.41. The third-order valence-electron chi connectivity index (χ3n) is 3.67. The van der Waals surface area contributed by atoms with Crippen LogP contribution in [0.2, 0.25) is 0 Å². The molecule has 0 amide bonds. The van der Waals surface area contributed by atoms with E-state index in [1.807, 2.05) is 13.1 Å². The van der Waals surface area contributed by atoms with Crippen molar-refractivity contribution in [2.75, 3.05) is 47.4 Å². The second-order valence-electron chi connectivity index (χ2n) is 5.52. The Labute approximate surface area is 127 Å². The average molecular weight is 290 g/mol. The first-order chi connectivity index (χ1) is 10.2. The van der Waals surface area contributed by atoms with Gasteiger partial charge in [-0.1, -0.05) is 30.3 Å². The molecule has 1 aliphatic rings. The van der Waals surface area contributed by atoms with Crippen LogP contribution >= 0.6 is 0 Å². The Kier molecular flexibility index (Phi) is 6.02. The highest BCUT2D eigenvalue weighted by atomic mass is 16.5. The zero-order valence-corrected chi connectivity index (χ0v) is 13.2. The van der Waals surface area contributed by atoms with Gasteiger partial charge in [0.05, 0.1) is 12.7 Å². The van der Waals surface area contributed by atoms with E-state index < -0.39 is 0 Å². The molecule has 1 aromatic carbocycles. The number of likely N-dealkylation sites (N-methyl/N-ethyl adjacent to an activating group) is 1. The lowest BCUT2D eigenvalue weighted by molar-refractivity contribution is -0.0163. The number of hydrogen-bond donors (Lipinski definition) is 1. The lowest BCUT2D eigenvalue weighted by atomic mass is 10.2. The van der Waals surface area contributed by atoms with E-state index in [4.69, 9.17) is 4.74 Å². The number of nitrogens with zero attached hydrogens (tertiary/aromatic N) is 3. The van der Waals surface area contributed by atoms with Crippen LogP contribution in [0.1, 0.15) is 5.56 Å². The lowest BCUT2D eigenvalue weighted by Gasteiger charge is -2.31. The molecule has 0 aliphatic carbocycles. The number of morpholine rings is 1. The molecule has 2 rings (SSSR count). The van der Waals surface area contributed by atoms with Crippen molar-refractivity contribution < 1.29 is 4.74 Å². The molecule has 5 nitrogen and oxygen atoms in total. The summed E-state index contributed by atoms with van der Waals surface area (Å²) in [6.07, 6.45) is 0.227. The van der Waals surface area contributed by atoms with E-state index >= 15 is 0 Å². The molecular formula is C16H26N4O. The maximum absolute atomic E-state index is 5.76. The van der Waals surface area contributed by atoms with Gasteiger partial charge in [-0.15, -0.1) is 0 Å². The molecule has 1 aliphatic heterocycles. The van der Waals surface area contributed by atoms with Gasteiger partial charge in [0.2, 0.25) is 0 Å². The molecule has 0 radical (unpaired) electrons. The van der Waals surface area contributed by atoms with Gasteiger partial charge in [0.15, 0.2) is 5.96 Å². The normalized spacial score (nSPS) is 20.3. The summed E-state index contributed by atoms with van der Waals surface area (Å²) in [5.41, 5.74) is 1.27. The maximum Gasteiger partial charge on any atom is 0.193 e. The van der Waals surface area contributed by atoms with E-state index in [1.54, 1.807) is 0 Å². The molecule has 116 valence electrons. The molecule has 1 N–H and O–H groups in total. The summed E-state index contributed by atoms with van der Waals surface area (Å²) in [6, 6.07) is 10.4. The van der Waals surface area contributed by atoms with E-state index in [9.17, 15) is 0 Å². The third-order valence-corrected chi connectivity index (χ3v) is 3.67.